The Morgan fingerprint density at radius 3 is 2.65 bits per heavy atom. The Morgan fingerprint density at radius 1 is 1.00 bits per heavy atom. The SMILES string of the molecule is O=S(=O)(Nc1ccc(F)c(Nc2ncccc2-c2ncnc3c2ncn3C2CCCCO2)c1F)N1CCOCC1. The van der Waals surface area contributed by atoms with Crippen molar-refractivity contribution in [1.29, 1.82) is 0 Å². The van der Waals surface area contributed by atoms with Gasteiger partial charge in [-0.1, -0.05) is 0 Å². The highest BCUT2D eigenvalue weighted by atomic mass is 32.2. The van der Waals surface area contributed by atoms with E-state index in [1.807, 2.05) is 4.57 Å². The molecule has 1 unspecified atom stereocenters. The molecule has 3 aromatic heterocycles. The van der Waals surface area contributed by atoms with Crippen LogP contribution in [0.2, 0.25) is 0 Å². The van der Waals surface area contributed by atoms with Crippen molar-refractivity contribution >= 4 is 38.6 Å². The zero-order chi connectivity index (χ0) is 27.7. The molecule has 1 atom stereocenters. The molecular weight excluding hydrogens is 546 g/mol. The van der Waals surface area contributed by atoms with Gasteiger partial charge >= 0.3 is 10.2 Å². The van der Waals surface area contributed by atoms with E-state index >= 15 is 4.39 Å². The number of hydrogen-bond acceptors (Lipinski definition) is 9. The molecule has 2 saturated heterocycles. The molecule has 2 aliphatic rings. The number of aromatic nitrogens is 5. The first-order valence-electron chi connectivity index (χ1n) is 12.8. The van der Waals surface area contributed by atoms with Gasteiger partial charge in [-0.3, -0.25) is 9.29 Å². The molecular formula is C25H26F2N8O4S. The van der Waals surface area contributed by atoms with E-state index in [9.17, 15) is 12.8 Å². The molecule has 0 radical (unpaired) electrons. The van der Waals surface area contributed by atoms with Gasteiger partial charge in [-0.25, -0.2) is 28.7 Å². The lowest BCUT2D eigenvalue weighted by molar-refractivity contribution is -0.0298. The second kappa shape index (κ2) is 11.0. The van der Waals surface area contributed by atoms with Crippen molar-refractivity contribution in [3.05, 3.63) is 54.8 Å². The summed E-state index contributed by atoms with van der Waals surface area (Å²) in [5, 5.41) is 2.70. The Labute approximate surface area is 228 Å². The van der Waals surface area contributed by atoms with E-state index in [0.29, 0.717) is 29.0 Å². The molecule has 15 heteroatoms. The zero-order valence-corrected chi connectivity index (χ0v) is 22.1. The highest BCUT2D eigenvalue weighted by molar-refractivity contribution is 7.90. The lowest BCUT2D eigenvalue weighted by Gasteiger charge is -2.26. The fourth-order valence-electron chi connectivity index (χ4n) is 4.75. The third-order valence-electron chi connectivity index (χ3n) is 6.77. The van der Waals surface area contributed by atoms with Gasteiger partial charge in [0.1, 0.15) is 41.1 Å². The van der Waals surface area contributed by atoms with Crippen molar-refractivity contribution in [2.24, 2.45) is 0 Å². The number of nitrogens with one attached hydrogen (secondary N) is 2. The van der Waals surface area contributed by atoms with Crippen LogP contribution < -0.4 is 10.0 Å². The van der Waals surface area contributed by atoms with Crippen LogP contribution in [0.1, 0.15) is 25.5 Å². The fourth-order valence-corrected chi connectivity index (χ4v) is 5.95. The van der Waals surface area contributed by atoms with E-state index in [1.54, 1.807) is 18.5 Å². The van der Waals surface area contributed by atoms with Gasteiger partial charge in [0.2, 0.25) is 0 Å². The quantitative estimate of drug-likeness (QED) is 0.340. The average molecular weight is 573 g/mol. The second-order valence-electron chi connectivity index (χ2n) is 9.29. The van der Waals surface area contributed by atoms with Crippen molar-refractivity contribution in [2.75, 3.05) is 42.9 Å². The number of morpholine rings is 1. The number of nitrogens with zero attached hydrogens (tertiary/aromatic N) is 6. The van der Waals surface area contributed by atoms with Gasteiger partial charge in [0.05, 0.1) is 25.2 Å². The van der Waals surface area contributed by atoms with Crippen molar-refractivity contribution in [1.82, 2.24) is 28.8 Å². The van der Waals surface area contributed by atoms with E-state index in [4.69, 9.17) is 9.47 Å². The number of fused-ring (bicyclic) bond motifs is 1. The topological polar surface area (TPSA) is 136 Å². The first-order chi connectivity index (χ1) is 19.4. The standard InChI is InChI=1S/C25H26F2N8O4S/c26-17-6-7-18(33-40(36,37)34-9-12-38-13-10-34)20(27)22(17)32-24-16(4-3-8-28-24)21-23-25(30-14-29-21)35(15-31-23)19-5-1-2-11-39-19/h3-4,6-8,14-15,19,33H,1-2,5,9-13H2,(H,28,32). The molecule has 5 heterocycles. The Kier molecular flexibility index (Phi) is 7.27. The van der Waals surface area contributed by atoms with Crippen LogP contribution in [-0.2, 0) is 19.7 Å². The zero-order valence-electron chi connectivity index (χ0n) is 21.3. The summed E-state index contributed by atoms with van der Waals surface area (Å²) in [5.41, 5.74) is 0.865. The van der Waals surface area contributed by atoms with E-state index in [-0.39, 0.29) is 38.3 Å². The minimum absolute atomic E-state index is 0.0944. The number of imidazole rings is 1. The molecule has 1 aromatic carbocycles. The summed E-state index contributed by atoms with van der Waals surface area (Å²) in [6.07, 6.45) is 7.15. The smallest absolute Gasteiger partial charge is 0.301 e. The maximum atomic E-state index is 15.6. The van der Waals surface area contributed by atoms with Crippen molar-refractivity contribution in [2.45, 2.75) is 25.5 Å². The Balaban J connectivity index is 1.34. The molecule has 12 nitrogen and oxygen atoms in total. The maximum Gasteiger partial charge on any atom is 0.301 e. The van der Waals surface area contributed by atoms with Crippen LogP contribution >= 0.6 is 0 Å². The van der Waals surface area contributed by atoms with E-state index in [1.165, 1.54) is 12.5 Å². The Bertz CT molecular complexity index is 1640. The molecule has 210 valence electrons. The van der Waals surface area contributed by atoms with Gasteiger partial charge in [-0.15, -0.1) is 0 Å². The minimum atomic E-state index is -4.08. The summed E-state index contributed by atoms with van der Waals surface area (Å²) in [6, 6.07) is 5.35. The van der Waals surface area contributed by atoms with Gasteiger partial charge in [-0.2, -0.15) is 12.7 Å². The van der Waals surface area contributed by atoms with Crippen LogP contribution in [0.15, 0.2) is 43.1 Å². The number of rotatable bonds is 7. The monoisotopic (exact) mass is 572 g/mol. The third kappa shape index (κ3) is 5.08. The van der Waals surface area contributed by atoms with Crippen LogP contribution in [0.4, 0.5) is 26.0 Å². The summed E-state index contributed by atoms with van der Waals surface area (Å²) < 4.78 is 72.3. The molecule has 2 fully saturated rings. The van der Waals surface area contributed by atoms with E-state index in [2.05, 4.69) is 30.0 Å². The predicted molar refractivity (Wildman–Crippen MR) is 142 cm³/mol. The number of hydrogen-bond donors (Lipinski definition) is 2. The highest BCUT2D eigenvalue weighted by Gasteiger charge is 2.27. The number of pyridine rings is 1. The Hall–Kier alpha value is -3.79. The lowest BCUT2D eigenvalue weighted by Crippen LogP contribution is -2.43. The molecule has 2 N–H and O–H groups in total. The van der Waals surface area contributed by atoms with E-state index < -0.39 is 33.2 Å². The summed E-state index contributed by atoms with van der Waals surface area (Å²) in [7, 11) is -4.08. The van der Waals surface area contributed by atoms with Crippen molar-refractivity contribution in [3.8, 4) is 11.3 Å². The van der Waals surface area contributed by atoms with Gasteiger partial charge in [0, 0.05) is 31.5 Å². The van der Waals surface area contributed by atoms with Crippen LogP contribution in [0.25, 0.3) is 22.4 Å². The Morgan fingerprint density at radius 2 is 1.85 bits per heavy atom. The number of benzene rings is 1. The van der Waals surface area contributed by atoms with E-state index in [0.717, 1.165) is 35.7 Å². The first kappa shape index (κ1) is 26.4. The minimum Gasteiger partial charge on any atom is -0.379 e. The molecule has 4 aromatic rings. The highest BCUT2D eigenvalue weighted by Crippen LogP contribution is 2.35. The van der Waals surface area contributed by atoms with Crippen molar-refractivity contribution in [3.63, 3.8) is 0 Å². The summed E-state index contributed by atoms with van der Waals surface area (Å²) in [6.45, 7) is 1.35. The molecule has 40 heavy (non-hydrogen) atoms. The maximum absolute atomic E-state index is 15.6. The molecule has 0 amide bonds. The van der Waals surface area contributed by atoms with Crippen LogP contribution in [0.5, 0.6) is 0 Å². The largest absolute Gasteiger partial charge is 0.379 e. The first-order valence-corrected chi connectivity index (χ1v) is 14.2. The molecule has 0 bridgehead atoms. The summed E-state index contributed by atoms with van der Waals surface area (Å²) in [4.78, 5) is 17.6. The normalized spacial score (nSPS) is 18.6. The van der Waals surface area contributed by atoms with Gasteiger partial charge in [0.15, 0.2) is 11.5 Å². The van der Waals surface area contributed by atoms with Crippen LogP contribution in [0.3, 0.4) is 0 Å². The predicted octanol–water partition coefficient (Wildman–Crippen LogP) is 3.60. The fraction of sp³-hybridized carbons (Fsp3) is 0.360. The molecule has 0 aliphatic carbocycles. The second-order valence-corrected chi connectivity index (χ2v) is 11.0. The van der Waals surface area contributed by atoms with Crippen LogP contribution in [0, 0.1) is 11.6 Å². The average Bonchev–Trinajstić information content (AvgIpc) is 3.42. The molecule has 0 saturated carbocycles. The van der Waals surface area contributed by atoms with Crippen molar-refractivity contribution < 1.29 is 26.7 Å². The lowest BCUT2D eigenvalue weighted by atomic mass is 10.1. The van der Waals surface area contributed by atoms with Gasteiger partial charge in [-0.05, 0) is 43.5 Å². The number of halogens is 2. The molecule has 2 aliphatic heterocycles. The van der Waals surface area contributed by atoms with Crippen LogP contribution in [-0.4, -0.2) is 70.1 Å². The van der Waals surface area contributed by atoms with Gasteiger partial charge in [0.25, 0.3) is 0 Å². The number of ether oxygens (including phenoxy) is 2. The third-order valence-corrected chi connectivity index (χ3v) is 8.29. The summed E-state index contributed by atoms with van der Waals surface area (Å²) >= 11 is 0. The summed E-state index contributed by atoms with van der Waals surface area (Å²) in [5.74, 6) is -1.97. The van der Waals surface area contributed by atoms with Gasteiger partial charge < -0.3 is 14.8 Å². The molecule has 0 spiro atoms. The number of anilines is 3. The molecule has 6 rings (SSSR count).